The zero-order chi connectivity index (χ0) is 38.6. The number of fused-ring (bicyclic) bond motifs is 8. The molecule has 0 aliphatic heterocycles. The predicted molar refractivity (Wildman–Crippen MR) is 217 cm³/mol. The Hall–Kier alpha value is -4.98. The highest BCUT2D eigenvalue weighted by molar-refractivity contribution is 5.85. The third kappa shape index (κ3) is 6.20. The van der Waals surface area contributed by atoms with Gasteiger partial charge < -0.3 is 0 Å². The van der Waals surface area contributed by atoms with Crippen molar-refractivity contribution in [3.8, 4) is 11.4 Å². The van der Waals surface area contributed by atoms with Crippen molar-refractivity contribution in [1.82, 2.24) is 19.6 Å². The molecule has 4 aliphatic rings. The maximum atomic E-state index is 13.3. The van der Waals surface area contributed by atoms with E-state index in [1.54, 1.807) is 24.3 Å². The highest BCUT2D eigenvalue weighted by Crippen LogP contribution is 2.52. The Bertz CT molecular complexity index is 2280. The van der Waals surface area contributed by atoms with Crippen LogP contribution in [0.15, 0.2) is 85.2 Å². The van der Waals surface area contributed by atoms with E-state index in [4.69, 9.17) is 0 Å². The van der Waals surface area contributed by atoms with Crippen LogP contribution in [0.25, 0.3) is 33.2 Å². The average molecular weight is 753 g/mol. The molecular formula is C48H50F2N4O2. The van der Waals surface area contributed by atoms with Gasteiger partial charge in [-0.15, -0.1) is 0 Å². The molecule has 10 rings (SSSR count). The van der Waals surface area contributed by atoms with Gasteiger partial charge in [-0.25, -0.2) is 18.1 Å². The summed E-state index contributed by atoms with van der Waals surface area (Å²) in [5, 5.41) is 11.4. The Balaban J connectivity index is 0.000000146. The van der Waals surface area contributed by atoms with Gasteiger partial charge in [-0.3, -0.25) is 9.59 Å². The third-order valence-corrected chi connectivity index (χ3v) is 14.3. The van der Waals surface area contributed by atoms with Crippen molar-refractivity contribution in [2.45, 2.75) is 115 Å². The number of aromatic nitrogens is 4. The van der Waals surface area contributed by atoms with E-state index in [0.717, 1.165) is 110 Å². The molecule has 0 unspecified atom stereocenters. The van der Waals surface area contributed by atoms with Crippen molar-refractivity contribution >= 4 is 33.4 Å². The van der Waals surface area contributed by atoms with E-state index in [1.807, 2.05) is 21.8 Å². The molecule has 2 aromatic heterocycles. The van der Waals surface area contributed by atoms with Gasteiger partial charge in [0.05, 0.1) is 34.8 Å². The van der Waals surface area contributed by atoms with E-state index < -0.39 is 0 Å². The molecule has 2 fully saturated rings. The fraction of sp³-hybridized carbons (Fsp3) is 0.417. The number of hydrogen-bond acceptors (Lipinski definition) is 4. The smallest absolute Gasteiger partial charge is 0.133 e. The molecule has 0 bridgehead atoms. The summed E-state index contributed by atoms with van der Waals surface area (Å²) >= 11 is 0. The highest BCUT2D eigenvalue weighted by Gasteiger charge is 2.46. The summed E-state index contributed by atoms with van der Waals surface area (Å²) < 4.78 is 30.5. The van der Waals surface area contributed by atoms with Gasteiger partial charge in [0.25, 0.3) is 0 Å². The lowest BCUT2D eigenvalue weighted by Crippen LogP contribution is -2.40. The van der Waals surface area contributed by atoms with Crippen LogP contribution in [0.2, 0.25) is 0 Å². The van der Waals surface area contributed by atoms with Crippen LogP contribution >= 0.6 is 0 Å². The van der Waals surface area contributed by atoms with Crippen LogP contribution in [0.1, 0.15) is 113 Å². The third-order valence-electron chi connectivity index (χ3n) is 14.3. The number of Topliss-reactive ketones (excluding diaryl/α,β-unsaturated/α-hetero) is 2. The van der Waals surface area contributed by atoms with E-state index in [-0.39, 0.29) is 22.5 Å². The quantitative estimate of drug-likeness (QED) is 0.180. The minimum Gasteiger partial charge on any atom is -0.300 e. The summed E-state index contributed by atoms with van der Waals surface area (Å²) in [6.45, 7) is 4.56. The summed E-state index contributed by atoms with van der Waals surface area (Å²) in [6.07, 6.45) is 17.4. The van der Waals surface area contributed by atoms with Crippen LogP contribution in [-0.2, 0) is 33.3 Å². The zero-order valence-corrected chi connectivity index (χ0v) is 32.5. The summed E-state index contributed by atoms with van der Waals surface area (Å²) in [6, 6.07) is 22.2. The van der Waals surface area contributed by atoms with E-state index in [2.05, 4.69) is 48.3 Å². The first kappa shape index (κ1) is 36.6. The normalized spacial score (nSPS) is 24.6. The molecule has 6 nitrogen and oxygen atoms in total. The number of rotatable bonds is 4. The predicted octanol–water partition coefficient (Wildman–Crippen LogP) is 11.0. The second-order valence-electron chi connectivity index (χ2n) is 16.9. The van der Waals surface area contributed by atoms with Gasteiger partial charge in [-0.2, -0.15) is 10.2 Å². The second kappa shape index (κ2) is 14.5. The molecule has 0 amide bonds. The van der Waals surface area contributed by atoms with Gasteiger partial charge in [-0.05, 0) is 182 Å². The number of ketones is 2. The summed E-state index contributed by atoms with van der Waals surface area (Å²) in [5.41, 5.74) is 9.80. The van der Waals surface area contributed by atoms with Crippen LogP contribution < -0.4 is 0 Å². The summed E-state index contributed by atoms with van der Waals surface area (Å²) in [4.78, 5) is 24.3. The minimum absolute atomic E-state index is 0.117. The maximum absolute atomic E-state index is 13.3. The van der Waals surface area contributed by atoms with Crippen molar-refractivity contribution < 1.29 is 18.4 Å². The topological polar surface area (TPSA) is 69.8 Å². The van der Waals surface area contributed by atoms with Crippen molar-refractivity contribution in [2.75, 3.05) is 0 Å². The molecule has 0 saturated heterocycles. The molecule has 2 heterocycles. The molecule has 288 valence electrons. The Labute approximate surface area is 327 Å². The maximum Gasteiger partial charge on any atom is 0.133 e. The largest absolute Gasteiger partial charge is 0.300 e. The van der Waals surface area contributed by atoms with Gasteiger partial charge in [0.15, 0.2) is 0 Å². The number of hydrogen-bond donors (Lipinski definition) is 0. The Morgan fingerprint density at radius 3 is 1.41 bits per heavy atom. The van der Waals surface area contributed by atoms with E-state index >= 15 is 0 Å². The van der Waals surface area contributed by atoms with Crippen LogP contribution in [-0.4, -0.2) is 31.1 Å². The summed E-state index contributed by atoms with van der Waals surface area (Å²) in [7, 11) is 0. The van der Waals surface area contributed by atoms with Crippen LogP contribution in [0.5, 0.6) is 0 Å². The zero-order valence-electron chi connectivity index (χ0n) is 32.5. The monoisotopic (exact) mass is 752 g/mol. The fourth-order valence-corrected chi connectivity index (χ4v) is 11.3. The summed E-state index contributed by atoms with van der Waals surface area (Å²) in [5.74, 6) is 1.31. The van der Waals surface area contributed by atoms with Gasteiger partial charge >= 0.3 is 0 Å². The van der Waals surface area contributed by atoms with Crippen molar-refractivity contribution in [2.24, 2.45) is 11.8 Å². The molecule has 4 aliphatic carbocycles. The molecule has 56 heavy (non-hydrogen) atoms. The van der Waals surface area contributed by atoms with Crippen molar-refractivity contribution in [3.05, 3.63) is 119 Å². The molecule has 8 heteroatoms. The van der Waals surface area contributed by atoms with Crippen LogP contribution in [0.3, 0.4) is 0 Å². The number of nitrogens with zero attached hydrogens (tertiary/aromatic N) is 4. The van der Waals surface area contributed by atoms with Crippen LogP contribution in [0.4, 0.5) is 8.78 Å². The first-order chi connectivity index (χ1) is 27.2. The molecule has 0 radical (unpaired) electrons. The molecule has 0 spiro atoms. The first-order valence-corrected chi connectivity index (χ1v) is 20.8. The number of carbonyl (C=O) groups is 2. The van der Waals surface area contributed by atoms with E-state index in [0.29, 0.717) is 36.2 Å². The van der Waals surface area contributed by atoms with Crippen molar-refractivity contribution in [3.63, 3.8) is 0 Å². The number of aryl methyl sites for hydroxylation is 2. The van der Waals surface area contributed by atoms with Gasteiger partial charge in [-0.1, -0.05) is 13.8 Å². The molecule has 6 aromatic rings. The lowest BCUT2D eigenvalue weighted by Gasteiger charge is -2.43. The van der Waals surface area contributed by atoms with Crippen LogP contribution in [0, 0.1) is 23.5 Å². The standard InChI is InChI=1S/2C24H25FN2O/c2*1-2-24-11-10-21(28)14-18(24)5-3-4-16-13-23-17(12-22(16)24)15-26-27(23)20-8-6-19(25)7-9-20/h2*6-9,12-13,15,18H,2-5,10-11,14H2,1H3/t2*18-,24-/m10/s1. The highest BCUT2D eigenvalue weighted by atomic mass is 19.1. The van der Waals surface area contributed by atoms with E-state index in [9.17, 15) is 18.4 Å². The Morgan fingerprint density at radius 2 is 1.02 bits per heavy atom. The molecule has 2 saturated carbocycles. The number of halogens is 2. The second-order valence-corrected chi connectivity index (χ2v) is 16.9. The van der Waals surface area contributed by atoms with Crippen molar-refractivity contribution in [1.29, 1.82) is 0 Å². The van der Waals surface area contributed by atoms with Gasteiger partial charge in [0.2, 0.25) is 0 Å². The van der Waals surface area contributed by atoms with E-state index in [1.165, 1.54) is 46.5 Å². The first-order valence-electron chi connectivity index (χ1n) is 20.8. The Kier molecular flexibility index (Phi) is 9.49. The van der Waals surface area contributed by atoms with Gasteiger partial charge in [0, 0.05) is 36.5 Å². The minimum atomic E-state index is -0.239. The molecule has 4 atom stereocenters. The molecule has 4 aromatic carbocycles. The lowest BCUT2D eigenvalue weighted by atomic mass is 9.60. The fourth-order valence-electron chi connectivity index (χ4n) is 11.3. The van der Waals surface area contributed by atoms with Gasteiger partial charge in [0.1, 0.15) is 23.2 Å². The SMILES string of the molecule is CC[C@@]12CCC(=O)C[C@H]1CCCc1cc3c(cnn3-c3ccc(F)cc3)cc12.CC[C@]12CCC(=O)C[C@@H]1CCCc1cc3c(cnn3-c3ccc(F)cc3)cc12. The molecular weight excluding hydrogens is 703 g/mol. The lowest BCUT2D eigenvalue weighted by molar-refractivity contribution is -0.124. The number of benzene rings is 4. The number of carbonyl (C=O) groups excluding carboxylic acids is 2. The Morgan fingerprint density at radius 1 is 0.607 bits per heavy atom. The molecule has 0 N–H and O–H groups in total. The average Bonchev–Trinajstić information content (AvgIpc) is 3.74.